The first-order valence-electron chi connectivity index (χ1n) is 3.32. The molecule has 0 atom stereocenters. The number of hydrogen-bond donors (Lipinski definition) is 0. The molecule has 0 spiro atoms. The fourth-order valence-electron chi connectivity index (χ4n) is 0.682. The van der Waals surface area contributed by atoms with Crippen LogP contribution in [-0.4, -0.2) is 35.8 Å². The van der Waals surface area contributed by atoms with Crippen molar-refractivity contribution in [2.45, 2.75) is 6.18 Å². The van der Waals surface area contributed by atoms with E-state index in [1.165, 1.54) is 12.1 Å². The van der Waals surface area contributed by atoms with Gasteiger partial charge in [0, 0.05) is 0 Å². The largest absolute Gasteiger partial charge is 2.00 e. The van der Waals surface area contributed by atoms with E-state index < -0.39 is 12.8 Å². The number of benzene rings is 1. The molecule has 0 saturated heterocycles. The first kappa shape index (κ1) is 20.9. The molecule has 0 aliphatic rings. The van der Waals surface area contributed by atoms with E-state index in [4.69, 9.17) is 0 Å². The van der Waals surface area contributed by atoms with E-state index in [1.54, 1.807) is 18.2 Å². The van der Waals surface area contributed by atoms with Gasteiger partial charge < -0.3 is 38.7 Å². The first-order chi connectivity index (χ1) is 5.58. The van der Waals surface area contributed by atoms with E-state index in [-0.39, 0.29) is 62.8 Å². The molecular weight excluding hydrogens is 353 g/mol. The van der Waals surface area contributed by atoms with E-state index in [9.17, 15) is 13.2 Å². The van der Waals surface area contributed by atoms with E-state index >= 15 is 0 Å². The van der Waals surface area contributed by atoms with Gasteiger partial charge in [-0.1, -0.05) is 18.2 Å². The van der Waals surface area contributed by atoms with Crippen molar-refractivity contribution in [3.05, 3.63) is 30.3 Å². The summed E-state index contributed by atoms with van der Waals surface area (Å²) in [6, 6.07) is 7.90. The molecule has 0 bridgehead atoms. The van der Waals surface area contributed by atoms with Crippen LogP contribution in [0.4, 0.5) is 13.2 Å². The van der Waals surface area contributed by atoms with Gasteiger partial charge in [0.25, 0.3) is 0 Å². The second kappa shape index (κ2) is 9.74. The number of para-hydroxylation sites is 1. The Labute approximate surface area is 123 Å². The van der Waals surface area contributed by atoms with Gasteiger partial charge in [-0.3, -0.25) is 0 Å². The molecule has 0 fully saturated rings. The van der Waals surface area contributed by atoms with Gasteiger partial charge in [0.2, 0.25) is 0 Å². The van der Waals surface area contributed by atoms with Gasteiger partial charge in [-0.05, 0) is 12.1 Å². The van der Waals surface area contributed by atoms with Gasteiger partial charge in [0.05, 0.1) is 0 Å². The fourth-order valence-corrected chi connectivity index (χ4v) is 0.682. The van der Waals surface area contributed by atoms with Crippen molar-refractivity contribution in [2.75, 3.05) is 6.61 Å². The molecule has 0 saturated carbocycles. The Morgan fingerprint density at radius 3 is 1.87 bits per heavy atom. The molecule has 1 nitrogen and oxygen atoms in total. The maximum Gasteiger partial charge on any atom is 2.00 e. The van der Waals surface area contributed by atoms with Crippen molar-refractivity contribution in [3.8, 4) is 5.75 Å². The molecule has 1 rings (SSSR count). The number of rotatable bonds is 2. The van der Waals surface area contributed by atoms with Crippen molar-refractivity contribution in [1.29, 1.82) is 0 Å². The third-order valence-corrected chi connectivity index (χ3v) is 1.15. The number of hydrogen-bond acceptors (Lipinski definition) is 1. The Kier molecular flexibility index (Phi) is 13.6. The molecule has 0 heterocycles. The molecule has 0 unspecified atom stereocenters. The Bertz CT molecular complexity index is 243. The minimum atomic E-state index is -4.27. The van der Waals surface area contributed by atoms with Crippen LogP contribution < -0.4 is 38.7 Å². The molecule has 82 valence electrons. The summed E-state index contributed by atoms with van der Waals surface area (Å²) in [5, 5.41) is 0. The standard InChI is InChI=1S/C8H7F3O.2BrH.Mg/c9-8(10,11)6-12-7-4-2-1-3-5-7;;;/h1-5H,6H2;2*1H;/q;;;+2/p-2. The van der Waals surface area contributed by atoms with Crippen molar-refractivity contribution in [2.24, 2.45) is 0 Å². The zero-order valence-corrected chi connectivity index (χ0v) is 12.2. The van der Waals surface area contributed by atoms with E-state index in [0.717, 1.165) is 0 Å². The fraction of sp³-hybridized carbons (Fsp3) is 0.250. The molecule has 15 heavy (non-hydrogen) atoms. The monoisotopic (exact) mass is 358 g/mol. The second-order valence-corrected chi connectivity index (χ2v) is 2.22. The predicted octanol–water partition coefficient (Wildman–Crippen LogP) is -3.75. The van der Waals surface area contributed by atoms with Crippen molar-refractivity contribution in [3.63, 3.8) is 0 Å². The predicted molar refractivity (Wildman–Crippen MR) is 43.7 cm³/mol. The number of alkyl halides is 3. The Balaban J connectivity index is -0.000000480. The van der Waals surface area contributed by atoms with E-state index in [1.807, 2.05) is 0 Å². The summed E-state index contributed by atoms with van der Waals surface area (Å²) in [6.07, 6.45) is -4.27. The van der Waals surface area contributed by atoms with Crippen molar-refractivity contribution >= 4 is 23.1 Å². The topological polar surface area (TPSA) is 9.23 Å². The normalized spacial score (nSPS) is 9.00. The van der Waals surface area contributed by atoms with Gasteiger partial charge in [-0.2, -0.15) is 13.2 Å². The van der Waals surface area contributed by atoms with Crippen LogP contribution in [0.15, 0.2) is 30.3 Å². The molecule has 0 aliphatic carbocycles. The summed E-state index contributed by atoms with van der Waals surface area (Å²) >= 11 is 0. The molecule has 0 amide bonds. The Morgan fingerprint density at radius 1 is 1.00 bits per heavy atom. The molecular formula is C8H7Br2F3MgO. The molecule has 1 aromatic carbocycles. The maximum absolute atomic E-state index is 11.6. The van der Waals surface area contributed by atoms with Crippen LogP contribution in [0.1, 0.15) is 0 Å². The summed E-state index contributed by atoms with van der Waals surface area (Å²) in [6.45, 7) is -1.24. The van der Waals surface area contributed by atoms with Gasteiger partial charge in [-0.15, -0.1) is 0 Å². The molecule has 1 aromatic rings. The second-order valence-electron chi connectivity index (χ2n) is 2.22. The molecule has 0 aromatic heterocycles. The number of halogens is 5. The zero-order chi connectivity index (χ0) is 9.03. The zero-order valence-electron chi connectivity index (χ0n) is 7.60. The average Bonchev–Trinajstić information content (AvgIpc) is 2.02. The van der Waals surface area contributed by atoms with Gasteiger partial charge in [0.1, 0.15) is 5.75 Å². The molecule has 0 radical (unpaired) electrons. The smallest absolute Gasteiger partial charge is 1.00 e. The third-order valence-electron chi connectivity index (χ3n) is 1.15. The Hall–Kier alpha value is 0.536. The first-order valence-corrected chi connectivity index (χ1v) is 3.32. The molecule has 7 heteroatoms. The molecule has 0 aliphatic heterocycles. The summed E-state index contributed by atoms with van der Waals surface area (Å²) in [5.74, 6) is 0.231. The van der Waals surface area contributed by atoms with E-state index in [2.05, 4.69) is 4.74 Å². The van der Waals surface area contributed by atoms with Crippen LogP contribution in [0.25, 0.3) is 0 Å². The van der Waals surface area contributed by atoms with E-state index in [0.29, 0.717) is 0 Å². The van der Waals surface area contributed by atoms with Crippen LogP contribution >= 0.6 is 0 Å². The third kappa shape index (κ3) is 10.8. The quantitative estimate of drug-likeness (QED) is 0.493. The van der Waals surface area contributed by atoms with Gasteiger partial charge in [-0.25, -0.2) is 0 Å². The van der Waals surface area contributed by atoms with Crippen molar-refractivity contribution < 1.29 is 51.9 Å². The average molecular weight is 360 g/mol. The maximum atomic E-state index is 11.6. The van der Waals surface area contributed by atoms with Gasteiger partial charge >= 0.3 is 29.2 Å². The summed E-state index contributed by atoms with van der Waals surface area (Å²) in [5.41, 5.74) is 0. The number of ether oxygens (including phenoxy) is 1. The van der Waals surface area contributed by atoms with Crippen LogP contribution in [0.3, 0.4) is 0 Å². The van der Waals surface area contributed by atoms with Crippen LogP contribution in [0, 0.1) is 0 Å². The summed E-state index contributed by atoms with van der Waals surface area (Å²) in [4.78, 5) is 0. The van der Waals surface area contributed by atoms with Crippen LogP contribution in [-0.2, 0) is 0 Å². The van der Waals surface area contributed by atoms with Crippen LogP contribution in [0.2, 0.25) is 0 Å². The SMILES string of the molecule is FC(F)(F)COc1ccccc1.[Br-].[Br-].[Mg+2]. The minimum absolute atomic E-state index is 0. The minimum Gasteiger partial charge on any atom is -1.00 e. The van der Waals surface area contributed by atoms with Gasteiger partial charge in [0.15, 0.2) is 6.61 Å². The van der Waals surface area contributed by atoms with Crippen molar-refractivity contribution in [1.82, 2.24) is 0 Å². The Morgan fingerprint density at radius 2 is 1.47 bits per heavy atom. The summed E-state index contributed by atoms with van der Waals surface area (Å²) in [7, 11) is 0. The summed E-state index contributed by atoms with van der Waals surface area (Å²) < 4.78 is 39.3. The van der Waals surface area contributed by atoms with Crippen LogP contribution in [0.5, 0.6) is 5.75 Å². The molecule has 0 N–H and O–H groups in total.